The van der Waals surface area contributed by atoms with Crippen molar-refractivity contribution < 1.29 is 32.5 Å². The van der Waals surface area contributed by atoms with Crippen LogP contribution in [0.1, 0.15) is 28.9 Å². The fourth-order valence-corrected chi connectivity index (χ4v) is 5.66. The molecule has 204 valence electrons. The first-order chi connectivity index (χ1) is 19.1. The number of quaternary nitrogens is 1. The van der Waals surface area contributed by atoms with Crippen LogP contribution in [0.25, 0.3) is 21.2 Å². The molecule has 1 unspecified atom stereocenters. The van der Waals surface area contributed by atoms with Crippen molar-refractivity contribution in [1.29, 1.82) is 0 Å². The summed E-state index contributed by atoms with van der Waals surface area (Å²) in [6.45, 7) is 1.85. The minimum Gasteiger partial charge on any atom is -0.476 e. The molecule has 1 aliphatic heterocycles. The molecule has 1 N–H and O–H groups in total. The van der Waals surface area contributed by atoms with Gasteiger partial charge in [-0.2, -0.15) is 4.37 Å². The summed E-state index contributed by atoms with van der Waals surface area (Å²) in [4.78, 5) is 11.4. The van der Waals surface area contributed by atoms with Gasteiger partial charge in [0.15, 0.2) is 11.4 Å². The minimum absolute atomic E-state index is 0.0368. The van der Waals surface area contributed by atoms with Gasteiger partial charge >= 0.3 is 12.3 Å². The molecule has 0 radical (unpaired) electrons. The summed E-state index contributed by atoms with van der Waals surface area (Å²) < 4.78 is 54.6. The standard InChI is InChI=1S/C29H22F3N3O4S/c1-17-12-21(9-11-22(17)19-8-10-23-26(13-19)40-34-27(23)28(36)37)38-16-35(15-20(14-33-35)18-6-7-18)24-4-2-3-5-25(24)39-29(30,31)32/h2-5,8-15,18H,6-7,16H2,1H3/p+1. The molecule has 7 nitrogen and oxygen atoms in total. The highest BCUT2D eigenvalue weighted by atomic mass is 32.1. The van der Waals surface area contributed by atoms with E-state index in [1.54, 1.807) is 30.5 Å². The molecule has 1 atom stereocenters. The summed E-state index contributed by atoms with van der Waals surface area (Å²) in [5.41, 5.74) is 3.98. The molecule has 11 heteroatoms. The van der Waals surface area contributed by atoms with Crippen LogP contribution in [0.5, 0.6) is 11.5 Å². The van der Waals surface area contributed by atoms with E-state index in [1.807, 2.05) is 37.4 Å². The number of ether oxygens (including phenoxy) is 2. The van der Waals surface area contributed by atoms with Gasteiger partial charge in [-0.15, -0.1) is 17.8 Å². The zero-order valence-corrected chi connectivity index (χ0v) is 22.0. The number of allylic oxidation sites excluding steroid dienone is 1. The number of carbonyl (C=O) groups is 1. The highest BCUT2D eigenvalue weighted by Crippen LogP contribution is 2.44. The van der Waals surface area contributed by atoms with Gasteiger partial charge in [0.05, 0.1) is 10.9 Å². The second-order valence-corrected chi connectivity index (χ2v) is 10.6. The molecule has 2 heterocycles. The van der Waals surface area contributed by atoms with Gasteiger partial charge in [0.2, 0.25) is 5.69 Å². The lowest BCUT2D eigenvalue weighted by molar-refractivity contribution is -0.274. The van der Waals surface area contributed by atoms with Crippen LogP contribution in [0.3, 0.4) is 0 Å². The Morgan fingerprint density at radius 3 is 2.65 bits per heavy atom. The van der Waals surface area contributed by atoms with Crippen molar-refractivity contribution in [3.8, 4) is 22.6 Å². The first kappa shape index (κ1) is 26.0. The fourth-order valence-electron chi connectivity index (χ4n) is 4.85. The molecule has 2 aliphatic rings. The molecule has 6 rings (SSSR count). The third kappa shape index (κ3) is 5.05. The van der Waals surface area contributed by atoms with Gasteiger partial charge < -0.3 is 14.6 Å². The molecule has 1 aromatic heterocycles. The summed E-state index contributed by atoms with van der Waals surface area (Å²) in [6.07, 6.45) is 0.742. The third-order valence-electron chi connectivity index (χ3n) is 6.94. The van der Waals surface area contributed by atoms with Gasteiger partial charge in [-0.05, 0) is 78.2 Å². The maximum Gasteiger partial charge on any atom is 0.573 e. The van der Waals surface area contributed by atoms with Crippen molar-refractivity contribution in [2.75, 3.05) is 6.73 Å². The average molecular weight is 567 g/mol. The van der Waals surface area contributed by atoms with Crippen LogP contribution in [0.4, 0.5) is 18.9 Å². The molecule has 3 aromatic carbocycles. The Morgan fingerprint density at radius 1 is 1.12 bits per heavy atom. The molecule has 4 aromatic rings. The topological polar surface area (TPSA) is 81.0 Å². The Kier molecular flexibility index (Phi) is 6.35. The van der Waals surface area contributed by atoms with Crippen LogP contribution < -0.4 is 14.1 Å². The van der Waals surface area contributed by atoms with E-state index >= 15 is 0 Å². The van der Waals surface area contributed by atoms with Crippen LogP contribution in [-0.4, -0.2) is 34.8 Å². The van der Waals surface area contributed by atoms with Gasteiger partial charge in [0.1, 0.15) is 11.9 Å². The highest BCUT2D eigenvalue weighted by molar-refractivity contribution is 7.13. The molecular formula is C29H23F3N3O4S+. The summed E-state index contributed by atoms with van der Waals surface area (Å²) in [5.74, 6) is -0.516. The van der Waals surface area contributed by atoms with E-state index in [4.69, 9.17) is 4.74 Å². The summed E-state index contributed by atoms with van der Waals surface area (Å²) in [6, 6.07) is 17.0. The van der Waals surface area contributed by atoms with E-state index < -0.39 is 12.3 Å². The fraction of sp³-hybridized carbons (Fsp3) is 0.207. The zero-order chi connectivity index (χ0) is 28.1. The number of carboxylic acids is 1. The van der Waals surface area contributed by atoms with E-state index in [-0.39, 0.29) is 28.5 Å². The number of rotatable bonds is 8. The number of carboxylic acid groups (broad SMARTS) is 1. The maximum absolute atomic E-state index is 13.2. The number of hydrogen-bond donors (Lipinski definition) is 1. The van der Waals surface area contributed by atoms with Crippen LogP contribution >= 0.6 is 11.5 Å². The number of alkyl halides is 3. The number of aromatic carboxylic acids is 1. The van der Waals surface area contributed by atoms with Gasteiger partial charge in [0.25, 0.3) is 6.73 Å². The van der Waals surface area contributed by atoms with E-state index in [1.165, 1.54) is 12.1 Å². The molecule has 1 fully saturated rings. The van der Waals surface area contributed by atoms with E-state index in [0.29, 0.717) is 17.1 Å². The third-order valence-corrected chi connectivity index (χ3v) is 7.75. The molecule has 1 saturated carbocycles. The number of nitrogens with zero attached hydrogens (tertiary/aromatic N) is 3. The maximum atomic E-state index is 13.2. The van der Waals surface area contributed by atoms with Crippen molar-refractivity contribution in [2.24, 2.45) is 11.0 Å². The predicted octanol–water partition coefficient (Wildman–Crippen LogP) is 7.51. The van der Waals surface area contributed by atoms with Crippen molar-refractivity contribution in [2.45, 2.75) is 26.1 Å². The molecule has 0 saturated heterocycles. The minimum atomic E-state index is -4.85. The molecule has 0 amide bonds. The second kappa shape index (κ2) is 9.76. The molecule has 40 heavy (non-hydrogen) atoms. The monoisotopic (exact) mass is 566 g/mol. The van der Waals surface area contributed by atoms with Gasteiger partial charge in [0, 0.05) is 17.0 Å². The number of benzene rings is 3. The Morgan fingerprint density at radius 2 is 1.93 bits per heavy atom. The highest BCUT2D eigenvalue weighted by Gasteiger charge is 2.43. The Balaban J connectivity index is 1.28. The lowest BCUT2D eigenvalue weighted by atomic mass is 9.99. The summed E-state index contributed by atoms with van der Waals surface area (Å²) in [7, 11) is 0. The largest absolute Gasteiger partial charge is 0.573 e. The number of fused-ring (bicyclic) bond motifs is 1. The SMILES string of the molecule is Cc1cc(OC[N+]2(c3ccccc3OC(F)(F)F)C=C(C3CC3)C=N2)ccc1-c1ccc2c(C(=O)O)nsc2c1. The lowest BCUT2D eigenvalue weighted by Crippen LogP contribution is -2.41. The van der Waals surface area contributed by atoms with E-state index in [0.717, 1.165) is 51.3 Å². The van der Waals surface area contributed by atoms with Crippen LogP contribution in [-0.2, 0) is 0 Å². The Hall–Kier alpha value is -4.22. The number of aromatic nitrogens is 1. The van der Waals surface area contributed by atoms with E-state index in [9.17, 15) is 23.1 Å². The molecule has 0 bridgehead atoms. The summed E-state index contributed by atoms with van der Waals surface area (Å²) >= 11 is 1.13. The van der Waals surface area contributed by atoms with Crippen molar-refractivity contribution in [3.05, 3.63) is 83.7 Å². The molecule has 0 spiro atoms. The quantitative estimate of drug-likeness (QED) is 0.223. The van der Waals surface area contributed by atoms with Crippen molar-refractivity contribution in [1.82, 2.24) is 8.97 Å². The van der Waals surface area contributed by atoms with E-state index in [2.05, 4.69) is 14.2 Å². The van der Waals surface area contributed by atoms with Crippen LogP contribution in [0, 0.1) is 12.8 Å². The van der Waals surface area contributed by atoms with Crippen LogP contribution in [0.2, 0.25) is 0 Å². The summed E-state index contributed by atoms with van der Waals surface area (Å²) in [5, 5.41) is 14.5. The van der Waals surface area contributed by atoms with Gasteiger partial charge in [-0.25, -0.2) is 4.79 Å². The first-order valence-electron chi connectivity index (χ1n) is 12.5. The smallest absolute Gasteiger partial charge is 0.476 e. The second-order valence-electron chi connectivity index (χ2n) is 9.79. The van der Waals surface area contributed by atoms with Gasteiger partial charge in [-0.3, -0.25) is 0 Å². The van der Waals surface area contributed by atoms with Gasteiger partial charge in [-0.1, -0.05) is 35.4 Å². The first-order valence-corrected chi connectivity index (χ1v) is 13.3. The average Bonchev–Trinajstić information content (AvgIpc) is 3.52. The van der Waals surface area contributed by atoms with Crippen LogP contribution in [0.15, 0.2) is 77.5 Å². The Bertz CT molecular complexity index is 1690. The van der Waals surface area contributed by atoms with Crippen molar-refractivity contribution >= 4 is 39.5 Å². The van der Waals surface area contributed by atoms with Crippen molar-refractivity contribution in [3.63, 3.8) is 0 Å². The number of hydrogen-bond acceptors (Lipinski definition) is 6. The lowest BCUT2D eigenvalue weighted by Gasteiger charge is -2.27. The Labute approximate surface area is 231 Å². The normalized spacial score (nSPS) is 18.6. The number of halogens is 3. The zero-order valence-electron chi connectivity index (χ0n) is 21.2. The molecule has 1 aliphatic carbocycles. The number of para-hydroxylation sites is 2. The predicted molar refractivity (Wildman–Crippen MR) is 146 cm³/mol. The molecular weight excluding hydrogens is 543 g/mol. The number of aryl methyl sites for hydroxylation is 1.